The Bertz CT molecular complexity index is 909. The first-order valence-corrected chi connectivity index (χ1v) is 10.2. The normalized spacial score (nSPS) is 12.3. The Morgan fingerprint density at radius 3 is 2.35 bits per heavy atom. The van der Waals surface area contributed by atoms with E-state index >= 15 is 0 Å². The van der Waals surface area contributed by atoms with E-state index in [-0.39, 0.29) is 23.3 Å². The van der Waals surface area contributed by atoms with Crippen LogP contribution in [-0.4, -0.2) is 32.4 Å². The van der Waals surface area contributed by atoms with Gasteiger partial charge in [0.05, 0.1) is 17.6 Å². The van der Waals surface area contributed by atoms with Gasteiger partial charge in [-0.1, -0.05) is 45.0 Å². The smallest absolute Gasteiger partial charge is 0.243 e. The van der Waals surface area contributed by atoms with Gasteiger partial charge in [-0.2, -0.15) is 9.57 Å². The van der Waals surface area contributed by atoms with Crippen molar-refractivity contribution in [2.45, 2.75) is 39.0 Å². The molecule has 0 aliphatic rings. The lowest BCUT2D eigenvalue weighted by Crippen LogP contribution is -2.38. The number of ether oxygens (including phenoxy) is 1. The summed E-state index contributed by atoms with van der Waals surface area (Å²) < 4.78 is 33.8. The van der Waals surface area contributed by atoms with Gasteiger partial charge in [0.1, 0.15) is 5.75 Å². The van der Waals surface area contributed by atoms with Gasteiger partial charge in [0.25, 0.3) is 0 Å². The Labute approximate surface area is 156 Å². The lowest BCUT2D eigenvalue weighted by atomic mass is 9.97. The minimum Gasteiger partial charge on any atom is -0.493 e. The fourth-order valence-electron chi connectivity index (χ4n) is 2.88. The fraction of sp³-hybridized carbons (Fsp3) is 0.450. The monoisotopic (exact) mass is 374 g/mol. The summed E-state index contributed by atoms with van der Waals surface area (Å²) in [4.78, 5) is 0.249. The number of nitriles is 1. The van der Waals surface area contributed by atoms with E-state index in [9.17, 15) is 8.42 Å². The average Bonchev–Trinajstić information content (AvgIpc) is 2.58. The lowest BCUT2D eigenvalue weighted by molar-refractivity contribution is 0.285. The third kappa shape index (κ3) is 4.54. The molecule has 0 heterocycles. The van der Waals surface area contributed by atoms with Gasteiger partial charge in [0.15, 0.2) is 0 Å². The molecule has 0 spiro atoms. The minimum atomic E-state index is -3.74. The summed E-state index contributed by atoms with van der Waals surface area (Å²) in [7, 11) is -3.74. The maximum Gasteiger partial charge on any atom is 0.243 e. The molecule has 0 amide bonds. The highest BCUT2D eigenvalue weighted by Gasteiger charge is 2.30. The first-order valence-electron chi connectivity index (χ1n) is 8.72. The van der Waals surface area contributed by atoms with Crippen LogP contribution >= 0.6 is 0 Å². The number of benzene rings is 2. The van der Waals surface area contributed by atoms with Crippen LogP contribution in [0.15, 0.2) is 41.3 Å². The van der Waals surface area contributed by atoms with Crippen molar-refractivity contribution >= 4 is 20.8 Å². The van der Waals surface area contributed by atoms with Crippen LogP contribution in [0.3, 0.4) is 0 Å². The standard InChI is InChI=1S/C20H26N2O3S/c1-5-25-18-11-12-19(17-10-7-6-9-16(17)18)26(23,24)22(14-8-13-21)15-20(2,3)4/h6-7,9-12H,5,8,14-15H2,1-4H3. The Kier molecular flexibility index (Phi) is 6.27. The third-order valence-electron chi connectivity index (χ3n) is 3.89. The molecule has 0 N–H and O–H groups in total. The van der Waals surface area contributed by atoms with E-state index in [2.05, 4.69) is 0 Å². The molecule has 2 aromatic carbocycles. The highest BCUT2D eigenvalue weighted by Crippen LogP contribution is 2.33. The molecule has 6 heteroatoms. The molecule has 2 rings (SSSR count). The van der Waals surface area contributed by atoms with Crippen LogP contribution in [0.25, 0.3) is 10.8 Å². The van der Waals surface area contributed by atoms with Crippen LogP contribution < -0.4 is 4.74 Å². The lowest BCUT2D eigenvalue weighted by Gasteiger charge is -2.29. The highest BCUT2D eigenvalue weighted by molar-refractivity contribution is 7.89. The topological polar surface area (TPSA) is 70.4 Å². The van der Waals surface area contributed by atoms with Crippen molar-refractivity contribution in [3.63, 3.8) is 0 Å². The summed E-state index contributed by atoms with van der Waals surface area (Å²) in [5.74, 6) is 0.668. The van der Waals surface area contributed by atoms with Gasteiger partial charge in [-0.3, -0.25) is 0 Å². The first-order chi connectivity index (χ1) is 12.2. The van der Waals surface area contributed by atoms with Crippen LogP contribution in [0.4, 0.5) is 0 Å². The van der Waals surface area contributed by atoms with Crippen molar-refractivity contribution in [3.8, 4) is 11.8 Å². The van der Waals surface area contributed by atoms with Gasteiger partial charge in [-0.15, -0.1) is 0 Å². The number of hydrogen-bond acceptors (Lipinski definition) is 4. The van der Waals surface area contributed by atoms with Crippen LogP contribution in [0.5, 0.6) is 5.75 Å². The summed E-state index contributed by atoms with van der Waals surface area (Å²) in [6, 6.07) is 12.7. The molecule has 0 radical (unpaired) electrons. The SMILES string of the molecule is CCOc1ccc(S(=O)(=O)N(CCC#N)CC(C)(C)C)c2ccccc12. The van der Waals surface area contributed by atoms with Crippen molar-refractivity contribution in [2.75, 3.05) is 19.7 Å². The van der Waals surface area contributed by atoms with Crippen molar-refractivity contribution in [1.29, 1.82) is 5.26 Å². The predicted octanol–water partition coefficient (Wildman–Crippen LogP) is 4.19. The molecular formula is C20H26N2O3S. The second-order valence-corrected chi connectivity index (χ2v) is 9.25. The maximum atomic E-state index is 13.4. The van der Waals surface area contributed by atoms with E-state index in [1.54, 1.807) is 18.2 Å². The van der Waals surface area contributed by atoms with E-state index in [1.807, 2.05) is 52.0 Å². The van der Waals surface area contributed by atoms with Gasteiger partial charge in [0, 0.05) is 30.3 Å². The highest BCUT2D eigenvalue weighted by atomic mass is 32.2. The fourth-order valence-corrected chi connectivity index (χ4v) is 4.74. The summed E-state index contributed by atoms with van der Waals surface area (Å²) in [5.41, 5.74) is -0.219. The first kappa shape index (κ1) is 20.2. The summed E-state index contributed by atoms with van der Waals surface area (Å²) in [5, 5.41) is 10.3. The molecule has 26 heavy (non-hydrogen) atoms. The molecule has 0 aliphatic heterocycles. The van der Waals surface area contributed by atoms with Crippen LogP contribution in [0.1, 0.15) is 34.1 Å². The Morgan fingerprint density at radius 2 is 1.77 bits per heavy atom. The van der Waals surface area contributed by atoms with E-state index in [1.165, 1.54) is 4.31 Å². The number of rotatable bonds is 7. The van der Waals surface area contributed by atoms with E-state index < -0.39 is 10.0 Å². The van der Waals surface area contributed by atoms with Gasteiger partial charge in [0.2, 0.25) is 10.0 Å². The van der Waals surface area contributed by atoms with Gasteiger partial charge < -0.3 is 4.74 Å². The zero-order valence-corrected chi connectivity index (χ0v) is 16.6. The number of hydrogen-bond donors (Lipinski definition) is 0. The molecule has 0 unspecified atom stereocenters. The Hall–Kier alpha value is -2.10. The Morgan fingerprint density at radius 1 is 1.12 bits per heavy atom. The molecule has 140 valence electrons. The quantitative estimate of drug-likeness (QED) is 0.728. The van der Waals surface area contributed by atoms with E-state index in [0.29, 0.717) is 24.3 Å². The van der Waals surface area contributed by atoms with Crippen molar-refractivity contribution in [2.24, 2.45) is 5.41 Å². The molecule has 2 aromatic rings. The van der Waals surface area contributed by atoms with Crippen molar-refractivity contribution < 1.29 is 13.2 Å². The van der Waals surface area contributed by atoms with E-state index in [0.717, 1.165) is 5.39 Å². The predicted molar refractivity (Wildman–Crippen MR) is 104 cm³/mol. The second-order valence-electron chi connectivity index (χ2n) is 7.35. The van der Waals surface area contributed by atoms with Gasteiger partial charge in [-0.25, -0.2) is 8.42 Å². The molecule has 5 nitrogen and oxygen atoms in total. The maximum absolute atomic E-state index is 13.4. The molecule has 0 aliphatic carbocycles. The largest absolute Gasteiger partial charge is 0.493 e. The molecule has 0 fully saturated rings. The number of nitrogens with zero attached hydrogens (tertiary/aromatic N) is 2. The molecule has 0 atom stereocenters. The van der Waals surface area contributed by atoms with Crippen LogP contribution in [0.2, 0.25) is 0 Å². The summed E-state index contributed by atoms with van der Waals surface area (Å²) >= 11 is 0. The van der Waals surface area contributed by atoms with E-state index in [4.69, 9.17) is 10.00 Å². The van der Waals surface area contributed by atoms with Crippen molar-refractivity contribution in [1.82, 2.24) is 4.31 Å². The molecule has 0 aromatic heterocycles. The van der Waals surface area contributed by atoms with Gasteiger partial charge in [-0.05, 0) is 24.5 Å². The molecule has 0 saturated carbocycles. The minimum absolute atomic E-state index is 0.157. The molecular weight excluding hydrogens is 348 g/mol. The summed E-state index contributed by atoms with van der Waals surface area (Å²) in [6.07, 6.45) is 0.157. The number of sulfonamides is 1. The number of fused-ring (bicyclic) bond motifs is 1. The van der Waals surface area contributed by atoms with Gasteiger partial charge >= 0.3 is 0 Å². The second kappa shape index (κ2) is 8.07. The average molecular weight is 375 g/mol. The third-order valence-corrected chi connectivity index (χ3v) is 5.79. The van der Waals surface area contributed by atoms with Crippen molar-refractivity contribution in [3.05, 3.63) is 36.4 Å². The van der Waals surface area contributed by atoms with Crippen LogP contribution in [0, 0.1) is 16.7 Å². The summed E-state index contributed by atoms with van der Waals surface area (Å²) in [6.45, 7) is 8.88. The van der Waals surface area contributed by atoms with Crippen LogP contribution in [-0.2, 0) is 10.0 Å². The molecule has 0 bridgehead atoms. The Balaban J connectivity index is 2.59. The zero-order valence-electron chi connectivity index (χ0n) is 15.8. The zero-order chi connectivity index (χ0) is 19.4. The molecule has 0 saturated heterocycles.